The van der Waals surface area contributed by atoms with Crippen molar-refractivity contribution in [3.63, 3.8) is 0 Å². The summed E-state index contributed by atoms with van der Waals surface area (Å²) in [6.45, 7) is 5.07. The first-order valence-electron chi connectivity index (χ1n) is 13.9. The van der Waals surface area contributed by atoms with E-state index >= 15 is 0 Å². The maximum Gasteiger partial charge on any atom is 0.259 e. The Labute approximate surface area is 231 Å². The van der Waals surface area contributed by atoms with Gasteiger partial charge in [0.15, 0.2) is 5.82 Å². The van der Waals surface area contributed by atoms with Crippen LogP contribution in [0, 0.1) is 17.5 Å². The van der Waals surface area contributed by atoms with Crippen molar-refractivity contribution in [1.82, 2.24) is 20.0 Å². The molecule has 2 fully saturated rings. The van der Waals surface area contributed by atoms with Crippen LogP contribution in [0.25, 0.3) is 10.9 Å². The third kappa shape index (κ3) is 5.90. The van der Waals surface area contributed by atoms with Crippen LogP contribution in [-0.2, 0) is 13.0 Å². The van der Waals surface area contributed by atoms with Crippen LogP contribution in [0.5, 0.6) is 0 Å². The highest BCUT2D eigenvalue weighted by molar-refractivity contribution is 6.08. The monoisotopic (exact) mass is 547 g/mol. The lowest BCUT2D eigenvalue weighted by molar-refractivity contribution is 0.102. The SMILES string of the molecule is O=C(Nc1n[nH]c2ccc(Cc3cc(F)cc(F)c3)cc12)c1cc(CN2CCC[C@H]2CN2CCCC2)ccc1F. The van der Waals surface area contributed by atoms with Crippen LogP contribution in [0.2, 0.25) is 0 Å². The molecular weight excluding hydrogens is 515 g/mol. The average molecular weight is 548 g/mol. The molecule has 0 saturated carbocycles. The Bertz CT molecular complexity index is 1510. The van der Waals surface area contributed by atoms with Gasteiger partial charge in [0.25, 0.3) is 5.91 Å². The van der Waals surface area contributed by atoms with Gasteiger partial charge in [0.2, 0.25) is 0 Å². The minimum atomic E-state index is -0.636. The van der Waals surface area contributed by atoms with Crippen LogP contribution in [0.1, 0.15) is 52.7 Å². The van der Waals surface area contributed by atoms with Gasteiger partial charge in [-0.05, 0) is 105 Å². The van der Waals surface area contributed by atoms with Gasteiger partial charge in [0, 0.05) is 30.6 Å². The predicted octanol–water partition coefficient (Wildman–Crippen LogP) is 5.88. The van der Waals surface area contributed by atoms with E-state index in [0.29, 0.717) is 35.5 Å². The summed E-state index contributed by atoms with van der Waals surface area (Å²) in [5.74, 6) is -2.18. The number of nitrogens with zero attached hydrogens (tertiary/aromatic N) is 3. The van der Waals surface area contributed by atoms with Crippen LogP contribution in [0.3, 0.4) is 0 Å². The molecule has 3 aromatic carbocycles. The molecule has 0 bridgehead atoms. The lowest BCUT2D eigenvalue weighted by atomic mass is 10.0. The Morgan fingerprint density at radius 2 is 1.68 bits per heavy atom. The number of hydrogen-bond acceptors (Lipinski definition) is 4. The standard InChI is InChI=1S/C31H32F3N5O/c32-23-13-22(14-24(33)17-23)12-20-6-8-29-27(15-20)30(37-36-29)35-31(40)26-16-21(5-7-28(26)34)18-39-11-3-4-25(39)19-38-9-1-2-10-38/h5-8,13-17,25H,1-4,9-12,18-19H2,(H2,35,36,37,40)/t25-/m0/s1. The summed E-state index contributed by atoms with van der Waals surface area (Å²) >= 11 is 0. The molecule has 0 radical (unpaired) electrons. The first-order valence-corrected chi connectivity index (χ1v) is 13.9. The molecule has 9 heteroatoms. The summed E-state index contributed by atoms with van der Waals surface area (Å²) in [6.07, 6.45) is 5.14. The summed E-state index contributed by atoms with van der Waals surface area (Å²) in [5, 5.41) is 10.5. The number of likely N-dealkylation sites (tertiary alicyclic amines) is 2. The quantitative estimate of drug-likeness (QED) is 0.289. The molecule has 0 unspecified atom stereocenters. The van der Waals surface area contributed by atoms with Gasteiger partial charge in [-0.1, -0.05) is 12.1 Å². The van der Waals surface area contributed by atoms with Gasteiger partial charge in [-0.25, -0.2) is 13.2 Å². The number of carbonyl (C=O) groups is 1. The largest absolute Gasteiger partial charge is 0.304 e. The lowest BCUT2D eigenvalue weighted by Crippen LogP contribution is -2.38. The maximum atomic E-state index is 14.8. The van der Waals surface area contributed by atoms with Crippen molar-refractivity contribution in [2.75, 3.05) is 31.5 Å². The van der Waals surface area contributed by atoms with E-state index in [1.54, 1.807) is 24.3 Å². The van der Waals surface area contributed by atoms with Crippen LogP contribution < -0.4 is 5.32 Å². The van der Waals surface area contributed by atoms with Crippen LogP contribution >= 0.6 is 0 Å². The zero-order valence-electron chi connectivity index (χ0n) is 22.2. The summed E-state index contributed by atoms with van der Waals surface area (Å²) in [4.78, 5) is 18.2. The van der Waals surface area contributed by atoms with Crippen molar-refractivity contribution in [1.29, 1.82) is 0 Å². The highest BCUT2D eigenvalue weighted by Gasteiger charge is 2.28. The number of carbonyl (C=O) groups excluding carboxylic acids is 1. The van der Waals surface area contributed by atoms with Crippen molar-refractivity contribution in [2.24, 2.45) is 0 Å². The van der Waals surface area contributed by atoms with E-state index in [4.69, 9.17) is 0 Å². The number of rotatable bonds is 8. The Balaban J connectivity index is 1.17. The smallest absolute Gasteiger partial charge is 0.259 e. The van der Waals surface area contributed by atoms with Crippen molar-refractivity contribution in [3.05, 3.63) is 94.3 Å². The molecule has 0 spiro atoms. The van der Waals surface area contributed by atoms with Gasteiger partial charge in [-0.15, -0.1) is 0 Å². The van der Waals surface area contributed by atoms with Crippen LogP contribution in [0.15, 0.2) is 54.6 Å². The molecule has 2 saturated heterocycles. The number of nitrogens with one attached hydrogen (secondary N) is 2. The van der Waals surface area contributed by atoms with Crippen molar-refractivity contribution < 1.29 is 18.0 Å². The molecule has 3 heterocycles. The molecule has 1 aromatic heterocycles. The number of benzene rings is 3. The molecule has 2 aliphatic rings. The topological polar surface area (TPSA) is 64.3 Å². The number of halogens is 3. The van der Waals surface area contributed by atoms with E-state index < -0.39 is 23.4 Å². The van der Waals surface area contributed by atoms with Gasteiger partial charge in [0.1, 0.15) is 17.5 Å². The molecule has 4 aromatic rings. The summed E-state index contributed by atoms with van der Waals surface area (Å²) in [6, 6.07) is 14.1. The van der Waals surface area contributed by atoms with E-state index in [1.165, 1.54) is 31.0 Å². The second kappa shape index (κ2) is 11.4. The minimum absolute atomic E-state index is 0.0321. The summed E-state index contributed by atoms with van der Waals surface area (Å²) < 4.78 is 42.1. The molecule has 0 aliphatic carbocycles. The molecule has 208 valence electrons. The Hall–Kier alpha value is -3.69. The van der Waals surface area contributed by atoms with Gasteiger partial charge < -0.3 is 10.2 Å². The highest BCUT2D eigenvalue weighted by atomic mass is 19.1. The number of H-pyrrole nitrogens is 1. The maximum absolute atomic E-state index is 14.8. The number of anilines is 1. The van der Waals surface area contributed by atoms with E-state index in [0.717, 1.165) is 56.2 Å². The van der Waals surface area contributed by atoms with E-state index in [-0.39, 0.29) is 11.4 Å². The Morgan fingerprint density at radius 1 is 0.900 bits per heavy atom. The van der Waals surface area contributed by atoms with Gasteiger partial charge in [-0.2, -0.15) is 5.10 Å². The van der Waals surface area contributed by atoms with Gasteiger partial charge >= 0.3 is 0 Å². The van der Waals surface area contributed by atoms with Crippen molar-refractivity contribution in [2.45, 2.75) is 44.7 Å². The van der Waals surface area contributed by atoms with E-state index in [9.17, 15) is 18.0 Å². The van der Waals surface area contributed by atoms with E-state index in [2.05, 4.69) is 25.3 Å². The fourth-order valence-electron chi connectivity index (χ4n) is 6.04. The normalized spacial score (nSPS) is 18.1. The molecule has 1 atom stereocenters. The molecule has 1 amide bonds. The second-order valence-electron chi connectivity index (χ2n) is 10.9. The summed E-state index contributed by atoms with van der Waals surface area (Å²) in [5.41, 5.74) is 2.82. The molecular formula is C31H32F3N5O. The zero-order valence-corrected chi connectivity index (χ0v) is 22.2. The van der Waals surface area contributed by atoms with Crippen LogP contribution in [0.4, 0.5) is 19.0 Å². The predicted molar refractivity (Wildman–Crippen MR) is 149 cm³/mol. The molecule has 2 N–H and O–H groups in total. The Kier molecular flexibility index (Phi) is 7.58. The second-order valence-corrected chi connectivity index (χ2v) is 10.9. The van der Waals surface area contributed by atoms with Gasteiger partial charge in [0.05, 0.1) is 11.1 Å². The van der Waals surface area contributed by atoms with Crippen molar-refractivity contribution >= 4 is 22.6 Å². The van der Waals surface area contributed by atoms with E-state index in [1.807, 2.05) is 6.07 Å². The van der Waals surface area contributed by atoms with Crippen LogP contribution in [-0.4, -0.2) is 58.1 Å². The number of hydrogen-bond donors (Lipinski definition) is 2. The number of amides is 1. The third-order valence-corrected chi connectivity index (χ3v) is 8.02. The fraction of sp³-hybridized carbons (Fsp3) is 0.355. The zero-order chi connectivity index (χ0) is 27.6. The number of aromatic amines is 1. The van der Waals surface area contributed by atoms with Crippen molar-refractivity contribution in [3.8, 4) is 0 Å². The summed E-state index contributed by atoms with van der Waals surface area (Å²) in [7, 11) is 0. The fourth-order valence-corrected chi connectivity index (χ4v) is 6.04. The first kappa shape index (κ1) is 26.5. The highest BCUT2D eigenvalue weighted by Crippen LogP contribution is 2.26. The molecule has 40 heavy (non-hydrogen) atoms. The lowest BCUT2D eigenvalue weighted by Gasteiger charge is -2.28. The third-order valence-electron chi connectivity index (χ3n) is 8.02. The molecule has 2 aliphatic heterocycles. The number of aromatic nitrogens is 2. The minimum Gasteiger partial charge on any atom is -0.304 e. The number of fused-ring (bicyclic) bond motifs is 1. The first-order chi connectivity index (χ1) is 19.4. The molecule has 6 nitrogen and oxygen atoms in total. The Morgan fingerprint density at radius 3 is 2.48 bits per heavy atom. The molecule has 6 rings (SSSR count). The average Bonchev–Trinajstić information content (AvgIpc) is 3.68. The van der Waals surface area contributed by atoms with Gasteiger partial charge in [-0.3, -0.25) is 14.8 Å².